The van der Waals surface area contributed by atoms with Crippen LogP contribution >= 0.6 is 0 Å². The molecule has 0 fully saturated rings. The molecule has 0 aromatic heterocycles. The predicted molar refractivity (Wildman–Crippen MR) is 213 cm³/mol. The summed E-state index contributed by atoms with van der Waals surface area (Å²) in [5.41, 5.74) is 11.2. The number of hydrogen-bond donors (Lipinski definition) is 0. The Balaban J connectivity index is 0.000000306. The molecule has 0 amide bonds. The molecule has 50 heavy (non-hydrogen) atoms. The Hall–Kier alpha value is -2.22. The molecule has 3 unspecified atom stereocenters. The van der Waals surface area contributed by atoms with E-state index in [1.165, 1.54) is 91.7 Å². The zero-order valence-electron chi connectivity index (χ0n) is 31.7. The van der Waals surface area contributed by atoms with E-state index in [0.29, 0.717) is 17.8 Å². The average Bonchev–Trinajstić information content (AvgIpc) is 3.71. The Morgan fingerprint density at radius 3 is 1.44 bits per heavy atom. The van der Waals surface area contributed by atoms with Crippen LogP contribution in [-0.2, 0) is 23.3 Å². The fourth-order valence-electron chi connectivity index (χ4n) is 6.48. The van der Waals surface area contributed by atoms with Crippen LogP contribution in [0.3, 0.4) is 0 Å². The molecule has 0 radical (unpaired) electrons. The fourth-order valence-corrected chi connectivity index (χ4v) is 6.48. The van der Waals surface area contributed by atoms with E-state index in [1.54, 1.807) is 23.3 Å². The summed E-state index contributed by atoms with van der Waals surface area (Å²) in [5.74, 6) is 1.92. The van der Waals surface area contributed by atoms with Crippen molar-refractivity contribution in [1.82, 2.24) is 0 Å². The van der Waals surface area contributed by atoms with E-state index >= 15 is 0 Å². The van der Waals surface area contributed by atoms with Crippen LogP contribution in [0.4, 0.5) is 0 Å². The van der Waals surface area contributed by atoms with Crippen molar-refractivity contribution >= 4 is 27.0 Å². The molecule has 0 saturated carbocycles. The Labute approximate surface area is 331 Å². The monoisotopic (exact) mass is 796 g/mol. The Morgan fingerprint density at radius 2 is 1.02 bits per heavy atom. The normalized spacial score (nSPS) is 12.4. The van der Waals surface area contributed by atoms with Gasteiger partial charge in [-0.05, 0) is 59.3 Å². The van der Waals surface area contributed by atoms with Crippen molar-refractivity contribution < 1.29 is 48.1 Å². The van der Waals surface area contributed by atoms with E-state index in [1.807, 2.05) is 0 Å². The van der Waals surface area contributed by atoms with Gasteiger partial charge in [-0.1, -0.05) is 127 Å². The summed E-state index contributed by atoms with van der Waals surface area (Å²) < 4.78 is 0. The molecule has 0 bridgehead atoms. The van der Waals surface area contributed by atoms with Gasteiger partial charge < -0.3 is 24.8 Å². The summed E-state index contributed by atoms with van der Waals surface area (Å²) in [6.07, 6.45) is 4.88. The van der Waals surface area contributed by atoms with E-state index in [9.17, 15) is 0 Å². The van der Waals surface area contributed by atoms with E-state index in [0.717, 1.165) is 0 Å². The van der Waals surface area contributed by atoms with Gasteiger partial charge in [0.2, 0.25) is 0 Å². The van der Waals surface area contributed by atoms with Crippen LogP contribution in [0.2, 0.25) is 13.1 Å². The van der Waals surface area contributed by atoms with Gasteiger partial charge in [-0.15, -0.1) is 69.1 Å². The second-order valence-electron chi connectivity index (χ2n) is 14.0. The number of fused-ring (bicyclic) bond motifs is 2. The molecule has 264 valence electrons. The SMILES string of the molecule is CCC(C)c1ccc(-c2cccc3[cH-]c(C)cc23)cc1.CCCC(C)c1cc2c(-c3ccc(C(C)CC)cc3)cccc2[cH-]1.C[Si](C)=[Zr+2].[Cl-].[Cl-]. The summed E-state index contributed by atoms with van der Waals surface area (Å²) in [5, 5.41) is 5.47. The quantitative estimate of drug-likeness (QED) is 0.102. The predicted octanol–water partition coefficient (Wildman–Crippen LogP) is 8.48. The molecule has 0 aliphatic carbocycles. The van der Waals surface area contributed by atoms with Crippen molar-refractivity contribution in [2.24, 2.45) is 0 Å². The molecular formula is C46H56Cl2SiZr-2. The van der Waals surface area contributed by atoms with E-state index in [2.05, 4.69) is 171 Å². The van der Waals surface area contributed by atoms with Gasteiger partial charge in [0.05, 0.1) is 0 Å². The second-order valence-corrected chi connectivity index (χ2v) is 23.4. The van der Waals surface area contributed by atoms with Crippen molar-refractivity contribution in [2.75, 3.05) is 0 Å². The summed E-state index contributed by atoms with van der Waals surface area (Å²) in [6.45, 7) is 20.5. The van der Waals surface area contributed by atoms with Crippen molar-refractivity contribution in [3.05, 3.63) is 131 Å². The third-order valence-corrected chi connectivity index (χ3v) is 9.76. The maximum absolute atomic E-state index is 2.41. The standard InChI is InChI=1S/C24H29.C20H21.C2H6Si.2ClH.Zr/c1-5-8-18(4)22-15-21-9-7-10-23(24(21)16-22)20-13-11-19(12-14-20)17(3)6-2;1-4-15(3)16-8-10-17(11-9-16)19-7-5-6-18-12-14(2)13-20(18)19;1-3-2;;;/h7,9-18H,5-6,8H2,1-4H3;5-13,15H,4H2,1-3H3;1-2H3;2*1H;/q2*-1;;;;+2/p-2. The molecule has 0 aliphatic rings. The number of benzene rings is 4. The Morgan fingerprint density at radius 1 is 0.600 bits per heavy atom. The molecular weight excluding hydrogens is 743 g/mol. The molecule has 3 atom stereocenters. The maximum atomic E-state index is 2.41. The number of hydrogen-bond acceptors (Lipinski definition) is 0. The van der Waals surface area contributed by atoms with Gasteiger partial charge in [0.25, 0.3) is 0 Å². The minimum Gasteiger partial charge on any atom is -1.00 e. The number of aryl methyl sites for hydroxylation is 1. The van der Waals surface area contributed by atoms with Crippen LogP contribution in [0.1, 0.15) is 107 Å². The van der Waals surface area contributed by atoms with Gasteiger partial charge in [-0.2, -0.15) is 12.1 Å². The van der Waals surface area contributed by atoms with Crippen LogP contribution < -0.4 is 24.8 Å². The van der Waals surface area contributed by atoms with Crippen LogP contribution in [-0.4, -0.2) is 5.43 Å². The molecule has 6 aromatic carbocycles. The number of halogens is 2. The van der Waals surface area contributed by atoms with Gasteiger partial charge in [-0.25, -0.2) is 0 Å². The van der Waals surface area contributed by atoms with E-state index in [4.69, 9.17) is 0 Å². The minimum atomic E-state index is 0. The molecule has 0 aliphatic heterocycles. The first kappa shape index (κ1) is 43.9. The van der Waals surface area contributed by atoms with Gasteiger partial charge >= 0.3 is 41.9 Å². The number of rotatable bonds is 9. The smallest absolute Gasteiger partial charge is 1.00 e. The summed E-state index contributed by atoms with van der Waals surface area (Å²) >= 11 is 1.74. The molecule has 0 nitrogen and oxygen atoms in total. The van der Waals surface area contributed by atoms with E-state index in [-0.39, 0.29) is 30.2 Å². The zero-order valence-corrected chi connectivity index (χ0v) is 36.7. The van der Waals surface area contributed by atoms with Gasteiger partial charge in [0.15, 0.2) is 0 Å². The first-order valence-electron chi connectivity index (χ1n) is 18.1. The fraction of sp³-hybridized carbons (Fsp3) is 0.348. The van der Waals surface area contributed by atoms with Crippen LogP contribution in [0, 0.1) is 6.92 Å². The van der Waals surface area contributed by atoms with Gasteiger partial charge in [-0.3, -0.25) is 0 Å². The molecule has 4 heteroatoms. The molecule has 6 aromatic rings. The molecule has 6 rings (SSSR count). The topological polar surface area (TPSA) is 0 Å². The van der Waals surface area contributed by atoms with Crippen molar-refractivity contribution in [1.29, 1.82) is 0 Å². The first-order chi connectivity index (χ1) is 23.1. The third-order valence-electron chi connectivity index (χ3n) is 9.76. The molecule has 0 heterocycles. The van der Waals surface area contributed by atoms with Crippen molar-refractivity contribution in [2.45, 2.75) is 105 Å². The Bertz CT molecular complexity index is 1890. The molecule has 0 saturated heterocycles. The largest absolute Gasteiger partial charge is 1.00 e. The van der Waals surface area contributed by atoms with Crippen LogP contribution in [0.15, 0.2) is 109 Å². The summed E-state index contributed by atoms with van der Waals surface area (Å²) in [4.78, 5) is 0. The van der Waals surface area contributed by atoms with Crippen LogP contribution in [0.5, 0.6) is 0 Å². The molecule has 0 spiro atoms. The zero-order chi connectivity index (χ0) is 34.8. The van der Waals surface area contributed by atoms with E-state index < -0.39 is 0 Å². The average molecular weight is 799 g/mol. The second kappa shape index (κ2) is 21.3. The van der Waals surface area contributed by atoms with Crippen molar-refractivity contribution in [3.8, 4) is 22.3 Å². The first-order valence-corrected chi connectivity index (χ1v) is 24.3. The summed E-state index contributed by atoms with van der Waals surface area (Å²) in [6, 6.07) is 40.8. The van der Waals surface area contributed by atoms with Crippen molar-refractivity contribution in [3.63, 3.8) is 0 Å². The summed E-state index contributed by atoms with van der Waals surface area (Å²) in [7, 11) is 0. The van der Waals surface area contributed by atoms with Gasteiger partial charge in [0.1, 0.15) is 0 Å². The maximum Gasteiger partial charge on any atom is -1.00 e. The van der Waals surface area contributed by atoms with Crippen LogP contribution in [0.25, 0.3) is 43.8 Å². The minimum absolute atomic E-state index is 0. The Kier molecular flexibility index (Phi) is 18.8. The molecule has 0 N–H and O–H groups in total. The third kappa shape index (κ3) is 11.6. The van der Waals surface area contributed by atoms with Gasteiger partial charge in [0, 0.05) is 0 Å².